The number of aliphatic hydroxyl groups excluding tert-OH is 1. The third-order valence-corrected chi connectivity index (χ3v) is 2.18. The van der Waals surface area contributed by atoms with Crippen molar-refractivity contribution in [1.29, 1.82) is 0 Å². The number of rotatable bonds is 3. The van der Waals surface area contributed by atoms with Crippen LogP contribution < -0.4 is 11.1 Å². The van der Waals surface area contributed by atoms with E-state index in [1.165, 1.54) is 0 Å². The number of primary amides is 1. The molecular weight excluding hydrogens is 170 g/mol. The Balaban J connectivity index is 2.51. The van der Waals surface area contributed by atoms with Crippen LogP contribution in [0.3, 0.4) is 0 Å². The molecule has 0 bridgehead atoms. The lowest BCUT2D eigenvalue weighted by Crippen LogP contribution is -2.58. The molecule has 1 unspecified atom stereocenters. The second-order valence-electron chi connectivity index (χ2n) is 3.47. The Hall–Kier alpha value is -0.650. The molecule has 1 rings (SSSR count). The molecule has 13 heavy (non-hydrogen) atoms. The molecule has 4 N–H and O–H groups in total. The van der Waals surface area contributed by atoms with Crippen LogP contribution in [0.4, 0.5) is 0 Å². The molecule has 76 valence electrons. The molecule has 1 amide bonds. The van der Waals surface area contributed by atoms with Gasteiger partial charge >= 0.3 is 0 Å². The molecule has 1 saturated heterocycles. The minimum Gasteiger partial charge on any atom is -0.392 e. The summed E-state index contributed by atoms with van der Waals surface area (Å²) in [6.07, 6.45) is -0.417. The van der Waals surface area contributed by atoms with Gasteiger partial charge in [0.25, 0.3) is 0 Å². The zero-order valence-electron chi connectivity index (χ0n) is 7.86. The van der Waals surface area contributed by atoms with E-state index in [0.717, 1.165) is 13.1 Å². The molecule has 2 atom stereocenters. The number of aliphatic hydroxyl groups is 1. The highest BCUT2D eigenvalue weighted by Crippen LogP contribution is 2.03. The fraction of sp³-hybridized carbons (Fsp3) is 0.875. The monoisotopic (exact) mass is 187 g/mol. The summed E-state index contributed by atoms with van der Waals surface area (Å²) >= 11 is 0. The van der Waals surface area contributed by atoms with Gasteiger partial charge in [0, 0.05) is 26.2 Å². The van der Waals surface area contributed by atoms with Crippen molar-refractivity contribution in [2.45, 2.75) is 19.1 Å². The van der Waals surface area contributed by atoms with E-state index in [0.29, 0.717) is 13.1 Å². The zero-order valence-corrected chi connectivity index (χ0v) is 7.86. The molecule has 0 radical (unpaired) electrons. The van der Waals surface area contributed by atoms with E-state index in [2.05, 4.69) is 5.32 Å². The quantitative estimate of drug-likeness (QED) is 0.483. The van der Waals surface area contributed by atoms with Gasteiger partial charge in [0.05, 0.1) is 6.10 Å². The van der Waals surface area contributed by atoms with Crippen LogP contribution in [0.2, 0.25) is 0 Å². The molecule has 1 aliphatic heterocycles. The highest BCUT2D eigenvalue weighted by atomic mass is 16.3. The predicted octanol–water partition coefficient (Wildman–Crippen LogP) is -1.87. The number of β-amino-alcohol motifs (C(OH)–C–C–N with tert-alkyl or cyclic N) is 1. The minimum atomic E-state index is -0.417. The van der Waals surface area contributed by atoms with E-state index >= 15 is 0 Å². The molecule has 1 heterocycles. The molecule has 0 aliphatic carbocycles. The van der Waals surface area contributed by atoms with Gasteiger partial charge in [-0.25, -0.2) is 0 Å². The highest BCUT2D eigenvalue weighted by Gasteiger charge is 2.26. The number of nitrogens with two attached hydrogens (primary N) is 1. The zero-order chi connectivity index (χ0) is 9.84. The predicted molar refractivity (Wildman–Crippen MR) is 49.1 cm³/mol. The Morgan fingerprint density at radius 3 is 3.08 bits per heavy atom. The summed E-state index contributed by atoms with van der Waals surface area (Å²) in [6, 6.07) is -0.275. The molecule has 0 saturated carbocycles. The Kier molecular flexibility index (Phi) is 3.65. The fourth-order valence-corrected chi connectivity index (χ4v) is 1.58. The number of carbonyl (C=O) groups is 1. The number of piperazine rings is 1. The first kappa shape index (κ1) is 10.4. The number of amides is 1. The minimum absolute atomic E-state index is 0.275. The second-order valence-corrected chi connectivity index (χ2v) is 3.47. The van der Waals surface area contributed by atoms with Crippen molar-refractivity contribution in [2.24, 2.45) is 5.73 Å². The third-order valence-electron chi connectivity index (χ3n) is 2.18. The molecule has 0 spiro atoms. The Morgan fingerprint density at radius 2 is 2.54 bits per heavy atom. The van der Waals surface area contributed by atoms with Crippen molar-refractivity contribution in [3.05, 3.63) is 0 Å². The maximum absolute atomic E-state index is 11.0. The Labute approximate surface area is 77.9 Å². The van der Waals surface area contributed by atoms with Crippen molar-refractivity contribution in [2.75, 3.05) is 26.2 Å². The normalized spacial score (nSPS) is 27.1. The fourth-order valence-electron chi connectivity index (χ4n) is 1.58. The van der Waals surface area contributed by atoms with E-state index in [-0.39, 0.29) is 11.9 Å². The first-order valence-electron chi connectivity index (χ1n) is 4.53. The van der Waals surface area contributed by atoms with Crippen LogP contribution in [0.25, 0.3) is 0 Å². The van der Waals surface area contributed by atoms with E-state index in [4.69, 9.17) is 5.73 Å². The molecule has 0 aromatic heterocycles. The van der Waals surface area contributed by atoms with Gasteiger partial charge in [-0.15, -0.1) is 0 Å². The van der Waals surface area contributed by atoms with E-state index in [9.17, 15) is 9.90 Å². The average Bonchev–Trinajstić information content (AvgIpc) is 2.03. The van der Waals surface area contributed by atoms with E-state index < -0.39 is 6.10 Å². The SMILES string of the molecule is C[C@H](O)CN1CCNCC1C(N)=O. The summed E-state index contributed by atoms with van der Waals surface area (Å²) in [6.45, 7) is 4.41. The number of nitrogens with zero attached hydrogens (tertiary/aromatic N) is 1. The molecule has 5 nitrogen and oxygen atoms in total. The van der Waals surface area contributed by atoms with Crippen LogP contribution in [-0.2, 0) is 4.79 Å². The standard InChI is InChI=1S/C8H17N3O2/c1-6(12)5-11-3-2-10-4-7(11)8(9)13/h6-7,10,12H,2-5H2,1H3,(H2,9,13)/t6-,7?/m0/s1. The van der Waals surface area contributed by atoms with Gasteiger partial charge in [0.2, 0.25) is 5.91 Å². The maximum Gasteiger partial charge on any atom is 0.236 e. The lowest BCUT2D eigenvalue weighted by Gasteiger charge is -2.34. The lowest BCUT2D eigenvalue weighted by atomic mass is 10.1. The van der Waals surface area contributed by atoms with Gasteiger partial charge in [0.1, 0.15) is 6.04 Å². The van der Waals surface area contributed by atoms with Gasteiger partial charge in [-0.05, 0) is 6.92 Å². The topological polar surface area (TPSA) is 78.6 Å². The van der Waals surface area contributed by atoms with Crippen LogP contribution >= 0.6 is 0 Å². The van der Waals surface area contributed by atoms with Crippen LogP contribution in [0.15, 0.2) is 0 Å². The van der Waals surface area contributed by atoms with Crippen LogP contribution in [0.1, 0.15) is 6.92 Å². The number of nitrogens with one attached hydrogen (secondary N) is 1. The highest BCUT2D eigenvalue weighted by molar-refractivity contribution is 5.80. The van der Waals surface area contributed by atoms with E-state index in [1.54, 1.807) is 6.92 Å². The molecule has 1 aliphatic rings. The van der Waals surface area contributed by atoms with E-state index in [1.807, 2.05) is 4.90 Å². The third kappa shape index (κ3) is 2.95. The van der Waals surface area contributed by atoms with Crippen molar-refractivity contribution in [1.82, 2.24) is 10.2 Å². The van der Waals surface area contributed by atoms with Crippen LogP contribution in [0.5, 0.6) is 0 Å². The Morgan fingerprint density at radius 1 is 1.85 bits per heavy atom. The van der Waals surface area contributed by atoms with Gasteiger partial charge in [-0.2, -0.15) is 0 Å². The number of hydrogen-bond acceptors (Lipinski definition) is 4. The summed E-state index contributed by atoms with van der Waals surface area (Å²) in [7, 11) is 0. The molecule has 1 fully saturated rings. The van der Waals surface area contributed by atoms with Crippen LogP contribution in [0, 0.1) is 0 Å². The summed E-state index contributed by atoms with van der Waals surface area (Å²) in [4.78, 5) is 12.9. The van der Waals surface area contributed by atoms with Gasteiger partial charge < -0.3 is 16.2 Å². The first-order chi connectivity index (χ1) is 6.11. The summed E-state index contributed by atoms with van der Waals surface area (Å²) in [5.74, 6) is -0.326. The van der Waals surface area contributed by atoms with Gasteiger partial charge in [-0.1, -0.05) is 0 Å². The van der Waals surface area contributed by atoms with Crippen molar-refractivity contribution in [3.8, 4) is 0 Å². The summed E-state index contributed by atoms with van der Waals surface area (Å²) < 4.78 is 0. The number of carbonyl (C=O) groups excluding carboxylic acids is 1. The van der Waals surface area contributed by atoms with Gasteiger partial charge in [-0.3, -0.25) is 9.69 Å². The lowest BCUT2D eigenvalue weighted by molar-refractivity contribution is -0.124. The molecule has 0 aromatic carbocycles. The first-order valence-corrected chi connectivity index (χ1v) is 4.53. The maximum atomic E-state index is 11.0. The smallest absolute Gasteiger partial charge is 0.236 e. The Bertz CT molecular complexity index is 184. The van der Waals surface area contributed by atoms with Gasteiger partial charge in [0.15, 0.2) is 0 Å². The van der Waals surface area contributed by atoms with Crippen LogP contribution in [-0.4, -0.2) is 54.2 Å². The molecule has 5 heteroatoms. The summed E-state index contributed by atoms with van der Waals surface area (Å²) in [5.41, 5.74) is 5.23. The summed E-state index contributed by atoms with van der Waals surface area (Å²) in [5, 5.41) is 12.3. The van der Waals surface area contributed by atoms with Crippen molar-refractivity contribution < 1.29 is 9.90 Å². The molecule has 0 aromatic rings. The van der Waals surface area contributed by atoms with Crippen molar-refractivity contribution >= 4 is 5.91 Å². The molecular formula is C8H17N3O2. The average molecular weight is 187 g/mol. The largest absolute Gasteiger partial charge is 0.392 e. The second kappa shape index (κ2) is 4.55. The number of hydrogen-bond donors (Lipinski definition) is 3. The van der Waals surface area contributed by atoms with Crippen molar-refractivity contribution in [3.63, 3.8) is 0 Å².